The number of anilines is 1. The second-order valence-electron chi connectivity index (χ2n) is 3.47. The van der Waals surface area contributed by atoms with E-state index < -0.39 is 0 Å². The molecule has 1 rings (SSSR count). The number of Topliss-reactive ketones (excluding diaryl/α,β-unsaturated/α-hetero) is 1. The van der Waals surface area contributed by atoms with E-state index in [1.165, 1.54) is 0 Å². The Balaban J connectivity index is 2.73. The Bertz CT molecular complexity index is 366. The third kappa shape index (κ3) is 3.73. The van der Waals surface area contributed by atoms with E-state index in [0.29, 0.717) is 23.0 Å². The van der Waals surface area contributed by atoms with Crippen molar-refractivity contribution in [2.24, 2.45) is 0 Å². The lowest BCUT2D eigenvalue weighted by Crippen LogP contribution is -2.20. The van der Waals surface area contributed by atoms with Gasteiger partial charge in [-0.3, -0.25) is 4.79 Å². The highest BCUT2D eigenvalue weighted by molar-refractivity contribution is 6.36. The van der Waals surface area contributed by atoms with Crippen molar-refractivity contribution in [1.82, 2.24) is 0 Å². The third-order valence-corrected chi connectivity index (χ3v) is 2.66. The SMILES string of the molecule is CC(=O)CCN(C)c1ccc(Cl)cc1Cl. The van der Waals surface area contributed by atoms with Crippen molar-refractivity contribution in [3.63, 3.8) is 0 Å². The van der Waals surface area contributed by atoms with Crippen LogP contribution in [0.2, 0.25) is 10.0 Å². The molecule has 0 radical (unpaired) electrons. The number of carbonyl (C=O) groups excluding carboxylic acids is 1. The van der Waals surface area contributed by atoms with Crippen LogP contribution >= 0.6 is 23.2 Å². The average Bonchev–Trinajstić information content (AvgIpc) is 2.14. The van der Waals surface area contributed by atoms with Crippen molar-refractivity contribution in [2.45, 2.75) is 13.3 Å². The largest absolute Gasteiger partial charge is 0.373 e. The van der Waals surface area contributed by atoms with Crippen LogP contribution in [0.15, 0.2) is 18.2 Å². The molecule has 0 aliphatic rings. The summed E-state index contributed by atoms with van der Waals surface area (Å²) in [5.41, 5.74) is 0.891. The standard InChI is InChI=1S/C11H13Cl2NO/c1-8(15)5-6-14(2)11-4-3-9(12)7-10(11)13/h3-4,7H,5-6H2,1-2H3. The predicted octanol–water partition coefficient (Wildman–Crippen LogP) is 3.41. The number of ketones is 1. The number of hydrogen-bond acceptors (Lipinski definition) is 2. The average molecular weight is 246 g/mol. The molecule has 82 valence electrons. The molecule has 0 spiro atoms. The third-order valence-electron chi connectivity index (χ3n) is 2.12. The number of halogens is 2. The lowest BCUT2D eigenvalue weighted by molar-refractivity contribution is -0.116. The van der Waals surface area contributed by atoms with Gasteiger partial charge >= 0.3 is 0 Å². The van der Waals surface area contributed by atoms with Crippen LogP contribution in [-0.2, 0) is 4.79 Å². The van der Waals surface area contributed by atoms with E-state index in [1.807, 2.05) is 18.0 Å². The minimum Gasteiger partial charge on any atom is -0.373 e. The molecule has 0 aromatic heterocycles. The number of hydrogen-bond donors (Lipinski definition) is 0. The summed E-state index contributed by atoms with van der Waals surface area (Å²) in [5.74, 6) is 0.173. The van der Waals surface area contributed by atoms with Crippen LogP contribution in [0.4, 0.5) is 5.69 Å². The first kappa shape index (κ1) is 12.3. The fraction of sp³-hybridized carbons (Fsp3) is 0.364. The van der Waals surface area contributed by atoms with Gasteiger partial charge < -0.3 is 4.90 Å². The molecule has 0 heterocycles. The van der Waals surface area contributed by atoms with Gasteiger partial charge in [0.15, 0.2) is 0 Å². The van der Waals surface area contributed by atoms with Crippen molar-refractivity contribution in [2.75, 3.05) is 18.5 Å². The molecule has 0 aliphatic heterocycles. The van der Waals surface area contributed by atoms with E-state index >= 15 is 0 Å². The highest BCUT2D eigenvalue weighted by Crippen LogP contribution is 2.27. The maximum absolute atomic E-state index is 10.8. The maximum Gasteiger partial charge on any atom is 0.131 e. The van der Waals surface area contributed by atoms with Crippen LogP contribution in [0.3, 0.4) is 0 Å². The Hall–Kier alpha value is -0.730. The van der Waals surface area contributed by atoms with Crippen LogP contribution in [0.1, 0.15) is 13.3 Å². The first-order valence-corrected chi connectivity index (χ1v) is 5.42. The molecule has 0 N–H and O–H groups in total. The first-order valence-electron chi connectivity index (χ1n) is 4.66. The normalized spacial score (nSPS) is 10.1. The Morgan fingerprint density at radius 1 is 1.40 bits per heavy atom. The Morgan fingerprint density at radius 2 is 2.07 bits per heavy atom. The summed E-state index contributed by atoms with van der Waals surface area (Å²) in [4.78, 5) is 12.8. The molecule has 0 aliphatic carbocycles. The molecular formula is C11H13Cl2NO. The molecule has 4 heteroatoms. The maximum atomic E-state index is 10.8. The molecule has 0 saturated heterocycles. The van der Waals surface area contributed by atoms with Crippen molar-refractivity contribution >= 4 is 34.7 Å². The molecule has 0 unspecified atom stereocenters. The molecule has 0 saturated carbocycles. The molecule has 1 aromatic carbocycles. The quantitative estimate of drug-likeness (QED) is 0.811. The highest BCUT2D eigenvalue weighted by atomic mass is 35.5. The highest BCUT2D eigenvalue weighted by Gasteiger charge is 2.07. The number of nitrogens with zero attached hydrogens (tertiary/aromatic N) is 1. The van der Waals surface area contributed by atoms with E-state index in [2.05, 4.69) is 0 Å². The van der Waals surface area contributed by atoms with Gasteiger partial charge in [0.25, 0.3) is 0 Å². The van der Waals surface area contributed by atoms with Crippen LogP contribution in [0, 0.1) is 0 Å². The molecule has 0 amide bonds. The van der Waals surface area contributed by atoms with Crippen LogP contribution in [-0.4, -0.2) is 19.4 Å². The van der Waals surface area contributed by atoms with Crippen LogP contribution in [0.5, 0.6) is 0 Å². The van der Waals surface area contributed by atoms with Gasteiger partial charge in [0.05, 0.1) is 10.7 Å². The molecular weight excluding hydrogens is 233 g/mol. The summed E-state index contributed by atoms with van der Waals surface area (Å²) in [6.45, 7) is 2.24. The van der Waals surface area contributed by atoms with E-state index in [-0.39, 0.29) is 5.78 Å². The fourth-order valence-corrected chi connectivity index (χ4v) is 1.79. The fourth-order valence-electron chi connectivity index (χ4n) is 1.24. The second-order valence-corrected chi connectivity index (χ2v) is 4.31. The Kier molecular flexibility index (Phi) is 4.43. The van der Waals surface area contributed by atoms with Gasteiger partial charge in [-0.1, -0.05) is 23.2 Å². The zero-order chi connectivity index (χ0) is 11.4. The van der Waals surface area contributed by atoms with Gasteiger partial charge in [0.2, 0.25) is 0 Å². The minimum atomic E-state index is 0.173. The molecule has 1 aromatic rings. The minimum absolute atomic E-state index is 0.173. The summed E-state index contributed by atoms with van der Waals surface area (Å²) < 4.78 is 0. The summed E-state index contributed by atoms with van der Waals surface area (Å²) in [7, 11) is 1.90. The first-order chi connectivity index (χ1) is 7.00. The molecule has 2 nitrogen and oxygen atoms in total. The van der Waals surface area contributed by atoms with Gasteiger partial charge in [-0.25, -0.2) is 0 Å². The summed E-state index contributed by atoms with van der Waals surface area (Å²) >= 11 is 11.8. The zero-order valence-electron chi connectivity index (χ0n) is 8.76. The molecule has 15 heavy (non-hydrogen) atoms. The zero-order valence-corrected chi connectivity index (χ0v) is 10.3. The lowest BCUT2D eigenvalue weighted by Gasteiger charge is -2.19. The summed E-state index contributed by atoms with van der Waals surface area (Å²) in [5, 5.41) is 1.22. The van der Waals surface area contributed by atoms with Crippen molar-refractivity contribution in [3.05, 3.63) is 28.2 Å². The number of rotatable bonds is 4. The van der Waals surface area contributed by atoms with Gasteiger partial charge in [0, 0.05) is 25.0 Å². The van der Waals surface area contributed by atoms with Crippen molar-refractivity contribution in [1.29, 1.82) is 0 Å². The van der Waals surface area contributed by atoms with Crippen molar-refractivity contribution in [3.8, 4) is 0 Å². The Labute approximate surface area is 99.8 Å². The van der Waals surface area contributed by atoms with E-state index in [9.17, 15) is 4.79 Å². The van der Waals surface area contributed by atoms with Gasteiger partial charge in [-0.2, -0.15) is 0 Å². The van der Waals surface area contributed by atoms with Gasteiger partial charge in [0.1, 0.15) is 5.78 Å². The summed E-state index contributed by atoms with van der Waals surface area (Å²) in [6, 6.07) is 5.33. The Morgan fingerprint density at radius 3 is 2.60 bits per heavy atom. The smallest absolute Gasteiger partial charge is 0.131 e. The lowest BCUT2D eigenvalue weighted by atomic mass is 10.2. The van der Waals surface area contributed by atoms with Crippen LogP contribution < -0.4 is 4.90 Å². The number of benzene rings is 1. The van der Waals surface area contributed by atoms with E-state index in [0.717, 1.165) is 5.69 Å². The van der Waals surface area contributed by atoms with Gasteiger partial charge in [-0.15, -0.1) is 0 Å². The van der Waals surface area contributed by atoms with E-state index in [4.69, 9.17) is 23.2 Å². The second kappa shape index (κ2) is 5.38. The molecule has 0 fully saturated rings. The van der Waals surface area contributed by atoms with Gasteiger partial charge in [-0.05, 0) is 25.1 Å². The van der Waals surface area contributed by atoms with Crippen molar-refractivity contribution < 1.29 is 4.79 Å². The predicted molar refractivity (Wildman–Crippen MR) is 65.0 cm³/mol. The molecule has 0 bridgehead atoms. The van der Waals surface area contributed by atoms with Crippen LogP contribution in [0.25, 0.3) is 0 Å². The monoisotopic (exact) mass is 245 g/mol. The summed E-state index contributed by atoms with van der Waals surface area (Å²) in [6.07, 6.45) is 0.523. The number of carbonyl (C=O) groups is 1. The van der Waals surface area contributed by atoms with E-state index in [1.54, 1.807) is 19.1 Å². The molecule has 0 atom stereocenters. The topological polar surface area (TPSA) is 20.3 Å².